The second kappa shape index (κ2) is 10.6. The minimum Gasteiger partial charge on any atom is -0.496 e. The van der Waals surface area contributed by atoms with E-state index >= 15 is 0 Å². The molecule has 1 amide bonds. The zero-order chi connectivity index (χ0) is 23.3. The molecule has 6 nitrogen and oxygen atoms in total. The van der Waals surface area contributed by atoms with Gasteiger partial charge in [-0.15, -0.1) is 0 Å². The van der Waals surface area contributed by atoms with E-state index in [0.29, 0.717) is 11.4 Å². The minimum atomic E-state index is -3.77. The standard InChI is InChI=1S/C22H28Cl2N2O4S/c1-6-19(15-8-11-21(30-4)14(3)12-15)25-22(27)20(7-2)26(31(5,28)29)16-9-10-17(23)18(24)13-16/h8-13,19-20H,6-7H2,1-5H3,(H,25,27)/t19-,20-/m0/s1. The Hall–Kier alpha value is -1.96. The first-order chi connectivity index (χ1) is 14.5. The van der Waals surface area contributed by atoms with Crippen molar-refractivity contribution in [2.24, 2.45) is 0 Å². The molecule has 2 atom stereocenters. The third-order valence-corrected chi connectivity index (χ3v) is 6.95. The van der Waals surface area contributed by atoms with E-state index in [-0.39, 0.29) is 29.1 Å². The number of aryl methyl sites for hydroxylation is 1. The molecule has 0 saturated carbocycles. The van der Waals surface area contributed by atoms with E-state index in [1.54, 1.807) is 14.0 Å². The zero-order valence-corrected chi connectivity index (χ0v) is 20.6. The predicted molar refractivity (Wildman–Crippen MR) is 127 cm³/mol. The van der Waals surface area contributed by atoms with Crippen molar-refractivity contribution in [1.29, 1.82) is 0 Å². The van der Waals surface area contributed by atoms with Gasteiger partial charge in [-0.05, 0) is 55.2 Å². The Labute approximate surface area is 194 Å². The lowest BCUT2D eigenvalue weighted by Gasteiger charge is -2.31. The fourth-order valence-electron chi connectivity index (χ4n) is 3.49. The van der Waals surface area contributed by atoms with Crippen LogP contribution in [0, 0.1) is 6.92 Å². The lowest BCUT2D eigenvalue weighted by atomic mass is 10.0. The Morgan fingerprint density at radius 3 is 2.26 bits per heavy atom. The largest absolute Gasteiger partial charge is 0.496 e. The van der Waals surface area contributed by atoms with Gasteiger partial charge in [0.25, 0.3) is 0 Å². The summed E-state index contributed by atoms with van der Waals surface area (Å²) in [5, 5.41) is 3.52. The SMILES string of the molecule is CC[C@H](NC(=O)[C@H](CC)N(c1ccc(Cl)c(Cl)c1)S(C)(=O)=O)c1ccc(OC)c(C)c1. The molecule has 9 heteroatoms. The second-order valence-electron chi connectivity index (χ2n) is 7.28. The molecule has 0 fully saturated rings. The van der Waals surface area contributed by atoms with E-state index in [1.807, 2.05) is 32.0 Å². The molecule has 0 saturated heterocycles. The van der Waals surface area contributed by atoms with Gasteiger partial charge in [0, 0.05) is 0 Å². The number of hydrogen-bond donors (Lipinski definition) is 1. The first-order valence-electron chi connectivity index (χ1n) is 9.92. The molecule has 0 aliphatic carbocycles. The van der Waals surface area contributed by atoms with E-state index in [9.17, 15) is 13.2 Å². The minimum absolute atomic E-state index is 0.211. The Balaban J connectivity index is 2.38. The lowest BCUT2D eigenvalue weighted by molar-refractivity contribution is -0.123. The summed E-state index contributed by atoms with van der Waals surface area (Å²) in [6.07, 6.45) is 1.98. The smallest absolute Gasteiger partial charge is 0.244 e. The van der Waals surface area contributed by atoms with Crippen molar-refractivity contribution in [2.75, 3.05) is 17.7 Å². The highest BCUT2D eigenvalue weighted by Crippen LogP contribution is 2.31. The van der Waals surface area contributed by atoms with Crippen LogP contribution in [0.4, 0.5) is 5.69 Å². The number of benzene rings is 2. The fourth-order valence-corrected chi connectivity index (χ4v) is 4.99. The fraction of sp³-hybridized carbons (Fsp3) is 0.409. The van der Waals surface area contributed by atoms with Crippen LogP contribution in [0.3, 0.4) is 0 Å². The zero-order valence-electron chi connectivity index (χ0n) is 18.3. The van der Waals surface area contributed by atoms with Gasteiger partial charge in [0.1, 0.15) is 11.8 Å². The molecule has 0 aromatic heterocycles. The summed E-state index contributed by atoms with van der Waals surface area (Å²) in [5.74, 6) is 0.374. The van der Waals surface area contributed by atoms with Gasteiger partial charge in [0.15, 0.2) is 0 Å². The number of nitrogens with one attached hydrogen (secondary N) is 1. The van der Waals surface area contributed by atoms with Crippen LogP contribution >= 0.6 is 23.2 Å². The predicted octanol–water partition coefficient (Wildman–Crippen LogP) is 5.12. The molecule has 0 aliphatic rings. The van der Waals surface area contributed by atoms with Gasteiger partial charge in [0.05, 0.1) is 35.1 Å². The van der Waals surface area contributed by atoms with Crippen LogP contribution in [-0.4, -0.2) is 33.7 Å². The number of carbonyl (C=O) groups excluding carboxylic acids is 1. The van der Waals surface area contributed by atoms with Gasteiger partial charge in [0.2, 0.25) is 15.9 Å². The molecular formula is C22H28Cl2N2O4S. The number of anilines is 1. The topological polar surface area (TPSA) is 75.7 Å². The average Bonchev–Trinajstić information content (AvgIpc) is 2.71. The van der Waals surface area contributed by atoms with Crippen molar-refractivity contribution in [1.82, 2.24) is 5.32 Å². The Kier molecular flexibility index (Phi) is 8.63. The molecule has 0 unspecified atom stereocenters. The third-order valence-electron chi connectivity index (χ3n) is 5.03. The van der Waals surface area contributed by atoms with Crippen molar-refractivity contribution < 1.29 is 17.9 Å². The summed E-state index contributed by atoms with van der Waals surface area (Å²) < 4.78 is 31.7. The third kappa shape index (κ3) is 6.05. The summed E-state index contributed by atoms with van der Waals surface area (Å²) in [6.45, 7) is 5.65. The van der Waals surface area contributed by atoms with E-state index in [1.165, 1.54) is 18.2 Å². The molecule has 31 heavy (non-hydrogen) atoms. The van der Waals surface area contributed by atoms with Crippen LogP contribution in [0.5, 0.6) is 5.75 Å². The molecule has 2 aromatic rings. The lowest BCUT2D eigenvalue weighted by Crippen LogP contribution is -2.50. The van der Waals surface area contributed by atoms with Crippen LogP contribution < -0.4 is 14.4 Å². The molecule has 0 bridgehead atoms. The van der Waals surface area contributed by atoms with Gasteiger partial charge in [-0.2, -0.15) is 0 Å². The highest BCUT2D eigenvalue weighted by atomic mass is 35.5. The first-order valence-corrected chi connectivity index (χ1v) is 12.5. The van der Waals surface area contributed by atoms with Crippen molar-refractivity contribution >= 4 is 44.8 Å². The summed E-state index contributed by atoms with van der Waals surface area (Å²) in [5.41, 5.74) is 2.16. The van der Waals surface area contributed by atoms with Crippen molar-refractivity contribution in [2.45, 2.75) is 45.7 Å². The molecular weight excluding hydrogens is 459 g/mol. The summed E-state index contributed by atoms with van der Waals surface area (Å²) in [7, 11) is -2.17. The monoisotopic (exact) mass is 486 g/mol. The molecule has 0 heterocycles. The maximum atomic E-state index is 13.2. The van der Waals surface area contributed by atoms with E-state index in [0.717, 1.165) is 27.4 Å². The summed E-state index contributed by atoms with van der Waals surface area (Å²) in [6, 6.07) is 8.99. The van der Waals surface area contributed by atoms with Crippen molar-refractivity contribution in [3.63, 3.8) is 0 Å². The van der Waals surface area contributed by atoms with Crippen molar-refractivity contribution in [3.8, 4) is 5.75 Å². The van der Waals surface area contributed by atoms with Crippen molar-refractivity contribution in [3.05, 3.63) is 57.6 Å². The highest BCUT2D eigenvalue weighted by molar-refractivity contribution is 7.92. The maximum absolute atomic E-state index is 13.2. The number of halogens is 2. The molecule has 0 aliphatic heterocycles. The number of hydrogen-bond acceptors (Lipinski definition) is 4. The Morgan fingerprint density at radius 2 is 1.77 bits per heavy atom. The second-order valence-corrected chi connectivity index (χ2v) is 9.95. The first kappa shape index (κ1) is 25.3. The van der Waals surface area contributed by atoms with Gasteiger partial charge >= 0.3 is 0 Å². The molecule has 1 N–H and O–H groups in total. The van der Waals surface area contributed by atoms with E-state index in [2.05, 4.69) is 5.32 Å². The van der Waals surface area contributed by atoms with Crippen LogP contribution in [0.15, 0.2) is 36.4 Å². The molecule has 2 rings (SSSR count). The summed E-state index contributed by atoms with van der Waals surface area (Å²) in [4.78, 5) is 13.2. The number of methoxy groups -OCH3 is 1. The van der Waals surface area contributed by atoms with Crippen LogP contribution in [-0.2, 0) is 14.8 Å². The number of sulfonamides is 1. The number of nitrogens with zero attached hydrogens (tertiary/aromatic N) is 1. The average molecular weight is 487 g/mol. The Bertz CT molecular complexity index is 1040. The molecule has 2 aromatic carbocycles. The van der Waals surface area contributed by atoms with Gasteiger partial charge in [-0.25, -0.2) is 8.42 Å². The van der Waals surface area contributed by atoms with Crippen LogP contribution in [0.25, 0.3) is 0 Å². The van der Waals surface area contributed by atoms with Gasteiger partial charge < -0.3 is 10.1 Å². The molecule has 170 valence electrons. The normalized spacial score (nSPS) is 13.4. The quantitative estimate of drug-likeness (QED) is 0.533. The van der Waals surface area contributed by atoms with Crippen LogP contribution in [0.1, 0.15) is 43.9 Å². The molecule has 0 spiro atoms. The number of amides is 1. The number of ether oxygens (including phenoxy) is 1. The molecule has 0 radical (unpaired) electrons. The van der Waals surface area contributed by atoms with E-state index in [4.69, 9.17) is 27.9 Å². The van der Waals surface area contributed by atoms with Crippen LogP contribution in [0.2, 0.25) is 10.0 Å². The maximum Gasteiger partial charge on any atom is 0.244 e. The summed E-state index contributed by atoms with van der Waals surface area (Å²) >= 11 is 12.1. The van der Waals surface area contributed by atoms with E-state index < -0.39 is 16.1 Å². The Morgan fingerprint density at radius 1 is 1.10 bits per heavy atom. The number of rotatable bonds is 9. The highest BCUT2D eigenvalue weighted by Gasteiger charge is 2.33. The van der Waals surface area contributed by atoms with Gasteiger partial charge in [-0.1, -0.05) is 49.2 Å². The number of carbonyl (C=O) groups is 1. The van der Waals surface area contributed by atoms with Gasteiger partial charge in [-0.3, -0.25) is 9.10 Å².